The van der Waals surface area contributed by atoms with Crippen molar-refractivity contribution in [3.8, 4) is 5.88 Å². The molecule has 1 aliphatic heterocycles. The Morgan fingerprint density at radius 2 is 2.03 bits per heavy atom. The highest BCUT2D eigenvalue weighted by Crippen LogP contribution is 2.32. The van der Waals surface area contributed by atoms with E-state index in [9.17, 15) is 13.2 Å². The predicted molar refractivity (Wildman–Crippen MR) is 114 cm³/mol. The second-order valence-electron chi connectivity index (χ2n) is 8.00. The number of fused-ring (bicyclic) bond motifs is 1. The Morgan fingerprint density at radius 3 is 2.61 bits per heavy atom. The molecule has 0 spiro atoms. The van der Waals surface area contributed by atoms with Crippen molar-refractivity contribution in [2.24, 2.45) is 0 Å². The summed E-state index contributed by atoms with van der Waals surface area (Å²) >= 11 is 0. The maximum Gasteiger partial charge on any atom is 0.333 e. The molecule has 2 aromatic rings. The number of aromatic nitrogens is 4. The number of carbonyl (C=O) groups excluding carboxylic acids is 1. The van der Waals surface area contributed by atoms with Gasteiger partial charge in [0.1, 0.15) is 12.7 Å². The van der Waals surface area contributed by atoms with Crippen molar-refractivity contribution in [3.63, 3.8) is 0 Å². The van der Waals surface area contributed by atoms with E-state index < -0.39 is 16.1 Å². The topological polar surface area (TPSA) is 129 Å². The Hall–Kier alpha value is -2.60. The SMILES string of the molecule is CCn1nc(C(C)C)c(NC(=O)NS(=O)(=O)c2cnn3c2OCC(OC)C3)c1C(C)C. The molecule has 1 unspecified atom stereocenters. The van der Waals surface area contributed by atoms with Crippen LogP contribution in [0.2, 0.25) is 0 Å². The molecular formula is C19H30N6O5S. The van der Waals surface area contributed by atoms with E-state index in [0.717, 1.165) is 11.9 Å². The minimum Gasteiger partial charge on any atom is -0.474 e. The number of carbonyl (C=O) groups is 1. The van der Waals surface area contributed by atoms with Crippen LogP contribution in [0.1, 0.15) is 57.8 Å². The number of sulfonamides is 1. The van der Waals surface area contributed by atoms with Crippen LogP contribution in [0, 0.1) is 0 Å². The first-order chi connectivity index (χ1) is 14.6. The summed E-state index contributed by atoms with van der Waals surface area (Å²) in [5.41, 5.74) is 2.08. The standard InChI is InChI=1S/C19H30N6O5S/c1-7-24-17(12(4)5)16(15(22-24)11(2)3)21-19(26)23-31(27,28)14-8-20-25-9-13(29-6)10-30-18(14)25/h8,11-13H,7,9-10H2,1-6H3,(H2,21,23,26). The first-order valence-electron chi connectivity index (χ1n) is 10.2. The minimum atomic E-state index is -4.21. The van der Waals surface area contributed by atoms with Crippen molar-refractivity contribution in [1.29, 1.82) is 0 Å². The highest BCUT2D eigenvalue weighted by molar-refractivity contribution is 7.90. The lowest BCUT2D eigenvalue weighted by molar-refractivity contribution is 0.0165. The molecule has 2 amide bonds. The number of methoxy groups -OCH3 is 1. The fraction of sp³-hybridized carbons (Fsp3) is 0.632. The summed E-state index contributed by atoms with van der Waals surface area (Å²) < 4.78 is 41.8. The van der Waals surface area contributed by atoms with E-state index in [1.807, 2.05) is 39.3 Å². The number of aryl methyl sites for hydroxylation is 1. The number of anilines is 1. The van der Waals surface area contributed by atoms with Crippen molar-refractivity contribution in [2.75, 3.05) is 19.0 Å². The second-order valence-corrected chi connectivity index (χ2v) is 9.65. The van der Waals surface area contributed by atoms with Crippen LogP contribution in [0.25, 0.3) is 0 Å². The third-order valence-electron chi connectivity index (χ3n) is 5.04. The average Bonchev–Trinajstić information content (AvgIpc) is 3.28. The maximum atomic E-state index is 12.9. The van der Waals surface area contributed by atoms with Gasteiger partial charge >= 0.3 is 6.03 Å². The first-order valence-corrected chi connectivity index (χ1v) is 11.7. The van der Waals surface area contributed by atoms with Gasteiger partial charge in [0, 0.05) is 13.7 Å². The molecular weight excluding hydrogens is 424 g/mol. The van der Waals surface area contributed by atoms with Gasteiger partial charge in [-0.3, -0.25) is 4.68 Å². The summed E-state index contributed by atoms with van der Waals surface area (Å²) in [6, 6.07) is -0.870. The summed E-state index contributed by atoms with van der Waals surface area (Å²) in [4.78, 5) is 12.5. The third-order valence-corrected chi connectivity index (χ3v) is 6.36. The Labute approximate surface area is 182 Å². The summed E-state index contributed by atoms with van der Waals surface area (Å²) in [5, 5.41) is 11.4. The van der Waals surface area contributed by atoms with Crippen LogP contribution in [0.15, 0.2) is 11.1 Å². The number of nitrogens with one attached hydrogen (secondary N) is 2. The molecule has 3 heterocycles. The smallest absolute Gasteiger partial charge is 0.333 e. The maximum absolute atomic E-state index is 12.9. The number of hydrogen-bond donors (Lipinski definition) is 2. The highest BCUT2D eigenvalue weighted by Gasteiger charge is 2.32. The van der Waals surface area contributed by atoms with Gasteiger partial charge in [0.05, 0.1) is 29.8 Å². The molecule has 0 bridgehead atoms. The molecule has 31 heavy (non-hydrogen) atoms. The van der Waals surface area contributed by atoms with Gasteiger partial charge in [0.15, 0.2) is 4.90 Å². The molecule has 12 heteroatoms. The summed E-state index contributed by atoms with van der Waals surface area (Å²) in [5.74, 6) is 0.205. The van der Waals surface area contributed by atoms with Gasteiger partial charge in [-0.1, -0.05) is 27.7 Å². The van der Waals surface area contributed by atoms with Gasteiger partial charge in [-0.25, -0.2) is 22.6 Å². The van der Waals surface area contributed by atoms with Crippen molar-refractivity contribution < 1.29 is 22.7 Å². The van der Waals surface area contributed by atoms with Crippen LogP contribution < -0.4 is 14.8 Å². The number of hydrogen-bond acceptors (Lipinski definition) is 7. The molecule has 0 saturated carbocycles. The zero-order valence-corrected chi connectivity index (χ0v) is 19.5. The number of rotatable bonds is 7. The lowest BCUT2D eigenvalue weighted by Crippen LogP contribution is -2.36. The van der Waals surface area contributed by atoms with Crippen molar-refractivity contribution >= 4 is 21.7 Å². The van der Waals surface area contributed by atoms with Crippen molar-refractivity contribution in [2.45, 2.75) is 70.5 Å². The van der Waals surface area contributed by atoms with Gasteiger partial charge in [-0.2, -0.15) is 10.2 Å². The largest absolute Gasteiger partial charge is 0.474 e. The van der Waals surface area contributed by atoms with E-state index in [-0.39, 0.29) is 35.3 Å². The molecule has 2 N–H and O–H groups in total. The lowest BCUT2D eigenvalue weighted by Gasteiger charge is -2.23. The Morgan fingerprint density at radius 1 is 1.32 bits per heavy atom. The molecule has 3 rings (SSSR count). The Balaban J connectivity index is 1.85. The quantitative estimate of drug-likeness (QED) is 0.656. The van der Waals surface area contributed by atoms with Crippen LogP contribution >= 0.6 is 0 Å². The first kappa shape index (κ1) is 23.1. The molecule has 0 aromatic carbocycles. The Bertz CT molecular complexity index is 1060. The fourth-order valence-corrected chi connectivity index (χ4v) is 4.53. The van der Waals surface area contributed by atoms with Crippen molar-refractivity contribution in [1.82, 2.24) is 24.3 Å². The van der Waals surface area contributed by atoms with E-state index in [1.54, 1.807) is 7.11 Å². The van der Waals surface area contributed by atoms with Gasteiger partial charge < -0.3 is 14.8 Å². The molecule has 0 aliphatic carbocycles. The number of nitrogens with zero attached hydrogens (tertiary/aromatic N) is 4. The third kappa shape index (κ3) is 4.54. The zero-order valence-electron chi connectivity index (χ0n) is 18.7. The zero-order chi connectivity index (χ0) is 22.9. The van der Waals surface area contributed by atoms with Crippen LogP contribution in [0.4, 0.5) is 10.5 Å². The van der Waals surface area contributed by atoms with Crippen LogP contribution in [-0.2, 0) is 27.8 Å². The molecule has 1 atom stereocenters. The number of ether oxygens (including phenoxy) is 2. The van der Waals surface area contributed by atoms with Crippen LogP contribution in [0.5, 0.6) is 5.88 Å². The van der Waals surface area contributed by atoms with E-state index in [0.29, 0.717) is 24.5 Å². The second kappa shape index (κ2) is 8.87. The molecule has 2 aromatic heterocycles. The van der Waals surface area contributed by atoms with Crippen molar-refractivity contribution in [3.05, 3.63) is 17.6 Å². The highest BCUT2D eigenvalue weighted by atomic mass is 32.2. The lowest BCUT2D eigenvalue weighted by atomic mass is 10.0. The molecule has 11 nitrogen and oxygen atoms in total. The molecule has 172 valence electrons. The van der Waals surface area contributed by atoms with E-state index in [4.69, 9.17) is 9.47 Å². The summed E-state index contributed by atoms with van der Waals surface area (Å²) in [7, 11) is -2.66. The van der Waals surface area contributed by atoms with E-state index in [2.05, 4.69) is 20.2 Å². The summed E-state index contributed by atoms with van der Waals surface area (Å²) in [6.45, 7) is 11.1. The normalized spacial score (nSPS) is 16.3. The van der Waals surface area contributed by atoms with Gasteiger partial charge in [0.25, 0.3) is 10.0 Å². The molecule has 0 saturated heterocycles. The number of amides is 2. The number of urea groups is 1. The molecule has 0 radical (unpaired) electrons. The Kier molecular flexibility index (Phi) is 6.60. The van der Waals surface area contributed by atoms with Gasteiger partial charge in [-0.15, -0.1) is 0 Å². The average molecular weight is 455 g/mol. The van der Waals surface area contributed by atoms with Gasteiger partial charge in [-0.05, 0) is 18.8 Å². The van der Waals surface area contributed by atoms with Crippen LogP contribution in [-0.4, -0.2) is 53.8 Å². The molecule has 1 aliphatic rings. The minimum absolute atomic E-state index is 0.0435. The predicted octanol–water partition coefficient (Wildman–Crippen LogP) is 2.26. The molecule has 0 fully saturated rings. The van der Waals surface area contributed by atoms with Gasteiger partial charge in [0.2, 0.25) is 5.88 Å². The fourth-order valence-electron chi connectivity index (χ4n) is 3.55. The monoisotopic (exact) mass is 454 g/mol. The van der Waals surface area contributed by atoms with Crippen LogP contribution in [0.3, 0.4) is 0 Å². The van der Waals surface area contributed by atoms with E-state index >= 15 is 0 Å². The summed E-state index contributed by atoms with van der Waals surface area (Å²) in [6.07, 6.45) is 0.940. The van der Waals surface area contributed by atoms with E-state index in [1.165, 1.54) is 4.68 Å².